The zero-order chi connectivity index (χ0) is 15.8. The van der Waals surface area contributed by atoms with Gasteiger partial charge in [-0.2, -0.15) is 0 Å². The van der Waals surface area contributed by atoms with Crippen LogP contribution in [0, 0.1) is 5.41 Å². The van der Waals surface area contributed by atoms with Gasteiger partial charge < -0.3 is 15.4 Å². The average molecular weight is 304 g/mol. The molecule has 1 aliphatic rings. The van der Waals surface area contributed by atoms with Crippen LogP contribution in [0.15, 0.2) is 23.3 Å². The fourth-order valence-corrected chi connectivity index (χ4v) is 2.84. The van der Waals surface area contributed by atoms with Crippen LogP contribution in [-0.4, -0.2) is 31.1 Å². The summed E-state index contributed by atoms with van der Waals surface area (Å²) in [6, 6.07) is 3.91. The predicted octanol–water partition coefficient (Wildman–Crippen LogP) is 2.73. The Labute approximate surface area is 133 Å². The summed E-state index contributed by atoms with van der Waals surface area (Å²) in [6.45, 7) is 6.78. The largest absolute Gasteiger partial charge is 0.481 e. The highest BCUT2D eigenvalue weighted by Crippen LogP contribution is 2.42. The van der Waals surface area contributed by atoms with Crippen LogP contribution in [0.5, 0.6) is 5.88 Å². The molecule has 1 heterocycles. The molecule has 0 radical (unpaired) electrons. The van der Waals surface area contributed by atoms with Crippen LogP contribution < -0.4 is 15.4 Å². The van der Waals surface area contributed by atoms with E-state index in [-0.39, 0.29) is 0 Å². The van der Waals surface area contributed by atoms with Crippen LogP contribution in [0.1, 0.15) is 45.1 Å². The summed E-state index contributed by atoms with van der Waals surface area (Å²) in [5.74, 6) is 1.51. The highest BCUT2D eigenvalue weighted by molar-refractivity contribution is 5.79. The van der Waals surface area contributed by atoms with Crippen LogP contribution in [0.4, 0.5) is 0 Å². The SMILES string of the molecule is CCNC(=NCc1cccnc1OC)NCC1(CC)CCC1. The first-order chi connectivity index (χ1) is 10.7. The molecule has 0 bridgehead atoms. The number of guanidine groups is 1. The first-order valence-electron chi connectivity index (χ1n) is 8.23. The van der Waals surface area contributed by atoms with Crippen molar-refractivity contribution >= 4 is 5.96 Å². The number of nitrogens with zero attached hydrogens (tertiary/aromatic N) is 2. The lowest BCUT2D eigenvalue weighted by atomic mass is 9.67. The zero-order valence-electron chi connectivity index (χ0n) is 14.0. The molecule has 2 N–H and O–H groups in total. The van der Waals surface area contributed by atoms with E-state index in [1.807, 2.05) is 12.1 Å². The number of nitrogens with one attached hydrogen (secondary N) is 2. The molecule has 5 nitrogen and oxygen atoms in total. The highest BCUT2D eigenvalue weighted by Gasteiger charge is 2.34. The van der Waals surface area contributed by atoms with E-state index in [4.69, 9.17) is 4.74 Å². The minimum Gasteiger partial charge on any atom is -0.481 e. The van der Waals surface area contributed by atoms with Crippen molar-refractivity contribution < 1.29 is 4.74 Å². The third-order valence-corrected chi connectivity index (χ3v) is 4.59. The Morgan fingerprint density at radius 1 is 1.36 bits per heavy atom. The standard InChI is InChI=1S/C17H28N4O/c1-4-17(9-7-10-17)13-21-16(18-5-2)20-12-14-8-6-11-19-15(14)22-3/h6,8,11H,4-5,7,9-10,12-13H2,1-3H3,(H2,18,20,21). The Bertz CT molecular complexity index is 492. The molecule has 0 amide bonds. The number of hydrogen-bond acceptors (Lipinski definition) is 3. The van der Waals surface area contributed by atoms with Crippen molar-refractivity contribution in [3.8, 4) is 5.88 Å². The Balaban J connectivity index is 1.97. The van der Waals surface area contributed by atoms with Crippen LogP contribution >= 0.6 is 0 Å². The molecule has 0 aliphatic heterocycles. The summed E-state index contributed by atoms with van der Waals surface area (Å²) in [5, 5.41) is 6.81. The first-order valence-corrected chi connectivity index (χ1v) is 8.23. The van der Waals surface area contributed by atoms with Crippen molar-refractivity contribution in [2.45, 2.75) is 46.1 Å². The second kappa shape index (κ2) is 8.01. The van der Waals surface area contributed by atoms with Crippen LogP contribution in [0.2, 0.25) is 0 Å². The lowest BCUT2D eigenvalue weighted by Gasteiger charge is -2.41. The summed E-state index contributed by atoms with van der Waals surface area (Å²) >= 11 is 0. The summed E-state index contributed by atoms with van der Waals surface area (Å²) in [4.78, 5) is 8.87. The average Bonchev–Trinajstić information content (AvgIpc) is 2.52. The van der Waals surface area contributed by atoms with E-state index in [0.717, 1.165) is 24.6 Å². The normalized spacial score (nSPS) is 16.8. The molecule has 1 fully saturated rings. The lowest BCUT2D eigenvalue weighted by Crippen LogP contribution is -2.46. The van der Waals surface area contributed by atoms with Crippen molar-refractivity contribution in [1.82, 2.24) is 15.6 Å². The number of ether oxygens (including phenoxy) is 1. The molecule has 5 heteroatoms. The lowest BCUT2D eigenvalue weighted by molar-refractivity contribution is 0.131. The smallest absolute Gasteiger partial charge is 0.218 e. The molecule has 22 heavy (non-hydrogen) atoms. The molecule has 0 unspecified atom stereocenters. The van der Waals surface area contributed by atoms with E-state index in [2.05, 4.69) is 34.5 Å². The van der Waals surface area contributed by atoms with Gasteiger partial charge >= 0.3 is 0 Å². The van der Waals surface area contributed by atoms with E-state index in [1.54, 1.807) is 13.3 Å². The van der Waals surface area contributed by atoms with E-state index < -0.39 is 0 Å². The molecule has 0 spiro atoms. The van der Waals surface area contributed by atoms with Gasteiger partial charge in [0.05, 0.1) is 13.7 Å². The van der Waals surface area contributed by atoms with Gasteiger partial charge in [-0.15, -0.1) is 0 Å². The molecule has 0 saturated heterocycles. The van der Waals surface area contributed by atoms with Gasteiger partial charge in [0.25, 0.3) is 0 Å². The number of rotatable bonds is 7. The molecule has 0 atom stereocenters. The van der Waals surface area contributed by atoms with E-state index >= 15 is 0 Å². The molecule has 122 valence electrons. The van der Waals surface area contributed by atoms with E-state index in [1.165, 1.54) is 25.7 Å². The Hall–Kier alpha value is -1.78. The molecule has 1 aliphatic carbocycles. The minimum absolute atomic E-state index is 0.474. The quantitative estimate of drug-likeness (QED) is 0.601. The topological polar surface area (TPSA) is 58.5 Å². The summed E-state index contributed by atoms with van der Waals surface area (Å²) in [7, 11) is 1.64. The van der Waals surface area contributed by atoms with Crippen molar-refractivity contribution in [3.63, 3.8) is 0 Å². The Morgan fingerprint density at radius 2 is 2.18 bits per heavy atom. The Kier molecular flexibility index (Phi) is 6.04. The maximum Gasteiger partial charge on any atom is 0.218 e. The summed E-state index contributed by atoms with van der Waals surface area (Å²) < 4.78 is 5.27. The third-order valence-electron chi connectivity index (χ3n) is 4.59. The molecule has 2 rings (SSSR count). The number of methoxy groups -OCH3 is 1. The number of hydrogen-bond donors (Lipinski definition) is 2. The van der Waals surface area contributed by atoms with E-state index in [0.29, 0.717) is 17.8 Å². The molecule has 1 saturated carbocycles. The fourth-order valence-electron chi connectivity index (χ4n) is 2.84. The Morgan fingerprint density at radius 3 is 2.77 bits per heavy atom. The molecule has 1 aromatic rings. The minimum atomic E-state index is 0.474. The van der Waals surface area contributed by atoms with Gasteiger partial charge in [0.1, 0.15) is 0 Å². The third kappa shape index (κ3) is 4.12. The number of aromatic nitrogens is 1. The molecular weight excluding hydrogens is 276 g/mol. The van der Waals surface area contributed by atoms with Crippen LogP contribution in [-0.2, 0) is 6.54 Å². The maximum absolute atomic E-state index is 5.27. The van der Waals surface area contributed by atoms with Crippen molar-refractivity contribution in [3.05, 3.63) is 23.9 Å². The molecule has 0 aromatic carbocycles. The second-order valence-electron chi connectivity index (χ2n) is 5.93. The number of aliphatic imine (C=N–C) groups is 1. The van der Waals surface area contributed by atoms with Gasteiger partial charge in [-0.05, 0) is 37.7 Å². The van der Waals surface area contributed by atoms with Crippen molar-refractivity contribution in [2.24, 2.45) is 10.4 Å². The monoisotopic (exact) mass is 304 g/mol. The summed E-state index contributed by atoms with van der Waals surface area (Å²) in [5.41, 5.74) is 1.47. The first kappa shape index (κ1) is 16.6. The summed E-state index contributed by atoms with van der Waals surface area (Å²) in [6.07, 6.45) is 6.97. The predicted molar refractivity (Wildman–Crippen MR) is 90.2 cm³/mol. The van der Waals surface area contributed by atoms with Gasteiger partial charge in [0, 0.05) is 24.8 Å². The second-order valence-corrected chi connectivity index (χ2v) is 5.93. The van der Waals surface area contributed by atoms with Gasteiger partial charge in [0.2, 0.25) is 5.88 Å². The van der Waals surface area contributed by atoms with Crippen LogP contribution in [0.3, 0.4) is 0 Å². The molecular formula is C17H28N4O. The van der Waals surface area contributed by atoms with E-state index in [9.17, 15) is 0 Å². The van der Waals surface area contributed by atoms with Gasteiger partial charge in [0.15, 0.2) is 5.96 Å². The number of pyridine rings is 1. The van der Waals surface area contributed by atoms with Gasteiger partial charge in [-0.1, -0.05) is 19.4 Å². The van der Waals surface area contributed by atoms with Crippen molar-refractivity contribution in [2.75, 3.05) is 20.2 Å². The maximum atomic E-state index is 5.27. The van der Waals surface area contributed by atoms with Crippen molar-refractivity contribution in [1.29, 1.82) is 0 Å². The fraction of sp³-hybridized carbons (Fsp3) is 0.647. The van der Waals surface area contributed by atoms with Gasteiger partial charge in [-0.3, -0.25) is 0 Å². The molecule has 1 aromatic heterocycles. The van der Waals surface area contributed by atoms with Gasteiger partial charge in [-0.25, -0.2) is 9.98 Å². The highest BCUT2D eigenvalue weighted by atomic mass is 16.5. The zero-order valence-corrected chi connectivity index (χ0v) is 14.0. The van der Waals surface area contributed by atoms with Crippen LogP contribution in [0.25, 0.3) is 0 Å².